The fourth-order valence-corrected chi connectivity index (χ4v) is 2.02. The highest BCUT2D eigenvalue weighted by molar-refractivity contribution is 5.70. The Balaban J connectivity index is 1.63. The van der Waals surface area contributed by atoms with Crippen molar-refractivity contribution in [3.63, 3.8) is 0 Å². The second-order valence-electron chi connectivity index (χ2n) is 6.18. The van der Waals surface area contributed by atoms with Crippen LogP contribution in [0.5, 0.6) is 5.75 Å². The van der Waals surface area contributed by atoms with Gasteiger partial charge in [0.1, 0.15) is 18.2 Å². The normalized spacial score (nSPS) is 10.7. The molecular weight excluding hydrogens is 334 g/mol. The van der Waals surface area contributed by atoms with E-state index in [1.165, 1.54) is 6.20 Å². The maximum atomic E-state index is 11.4. The molecule has 0 aliphatic carbocycles. The predicted octanol–water partition coefficient (Wildman–Crippen LogP) is 2.71. The lowest BCUT2D eigenvalue weighted by molar-refractivity contribution is -0.150. The van der Waals surface area contributed by atoms with E-state index in [1.54, 1.807) is 6.20 Å². The first-order valence-corrected chi connectivity index (χ1v) is 8.58. The topological polar surface area (TPSA) is 96.6 Å². The van der Waals surface area contributed by atoms with Gasteiger partial charge in [-0.25, -0.2) is 9.78 Å². The highest BCUT2D eigenvalue weighted by Gasteiger charge is 2.04. The van der Waals surface area contributed by atoms with Gasteiger partial charge in [0.05, 0.1) is 37.9 Å². The minimum Gasteiger partial charge on any atom is -0.494 e. The van der Waals surface area contributed by atoms with Gasteiger partial charge in [-0.2, -0.15) is 0 Å². The zero-order valence-corrected chi connectivity index (χ0v) is 15.2. The molecule has 2 N–H and O–H groups in total. The Morgan fingerprint density at radius 3 is 2.54 bits per heavy atom. The molecule has 1 heterocycles. The van der Waals surface area contributed by atoms with Crippen molar-refractivity contribution in [3.8, 4) is 17.0 Å². The lowest BCUT2D eigenvalue weighted by Gasteiger charge is -2.09. The van der Waals surface area contributed by atoms with E-state index in [2.05, 4.69) is 9.97 Å². The van der Waals surface area contributed by atoms with Crippen molar-refractivity contribution in [3.05, 3.63) is 36.7 Å². The van der Waals surface area contributed by atoms with Crippen molar-refractivity contribution in [2.24, 2.45) is 5.92 Å². The Morgan fingerprint density at radius 1 is 1.12 bits per heavy atom. The summed E-state index contributed by atoms with van der Waals surface area (Å²) in [5, 5.41) is 0. The number of rotatable bonds is 10. The number of esters is 1. The van der Waals surface area contributed by atoms with Gasteiger partial charge in [0.2, 0.25) is 0 Å². The van der Waals surface area contributed by atoms with Gasteiger partial charge in [0.25, 0.3) is 0 Å². The first kappa shape index (κ1) is 19.7. The molecule has 7 nitrogen and oxygen atoms in total. The molecule has 0 spiro atoms. The lowest BCUT2D eigenvalue weighted by atomic mass is 10.1. The third kappa shape index (κ3) is 7.06. The third-order valence-corrected chi connectivity index (χ3v) is 3.32. The number of nitrogens with zero attached hydrogens (tertiary/aromatic N) is 2. The number of nitrogens with two attached hydrogens (primary N) is 1. The molecule has 0 fully saturated rings. The van der Waals surface area contributed by atoms with Gasteiger partial charge in [-0.05, 0) is 30.2 Å². The standard InChI is InChI=1S/C19H25N3O4/c1-14(2)12-26-19(23)13-24-8-3-9-25-16-6-4-15(5-7-16)17-10-22-18(20)11-21-17/h4-7,10-11,14H,3,8-9,12-13H2,1-2H3,(H2,20,22). The Morgan fingerprint density at radius 2 is 1.88 bits per heavy atom. The number of benzene rings is 1. The van der Waals surface area contributed by atoms with Crippen LogP contribution in [0.2, 0.25) is 0 Å². The van der Waals surface area contributed by atoms with Crippen LogP contribution in [0.15, 0.2) is 36.7 Å². The monoisotopic (exact) mass is 359 g/mol. The van der Waals surface area contributed by atoms with E-state index >= 15 is 0 Å². The molecule has 1 aromatic carbocycles. The molecule has 0 saturated heterocycles. The van der Waals surface area contributed by atoms with Crippen molar-refractivity contribution in [1.29, 1.82) is 0 Å². The molecule has 0 bridgehead atoms. The Kier molecular flexibility index (Phi) is 7.82. The minimum absolute atomic E-state index is 0.0238. The number of hydrogen-bond donors (Lipinski definition) is 1. The van der Waals surface area contributed by atoms with Crippen molar-refractivity contribution in [2.75, 3.05) is 32.2 Å². The highest BCUT2D eigenvalue weighted by Crippen LogP contribution is 2.20. The number of nitrogen functional groups attached to an aromatic ring is 1. The number of carbonyl (C=O) groups excluding carboxylic acids is 1. The largest absolute Gasteiger partial charge is 0.494 e. The third-order valence-electron chi connectivity index (χ3n) is 3.32. The van der Waals surface area contributed by atoms with Gasteiger partial charge in [-0.3, -0.25) is 4.98 Å². The van der Waals surface area contributed by atoms with E-state index < -0.39 is 0 Å². The average Bonchev–Trinajstić information content (AvgIpc) is 2.64. The van der Waals surface area contributed by atoms with Crippen molar-refractivity contribution in [1.82, 2.24) is 9.97 Å². The van der Waals surface area contributed by atoms with Gasteiger partial charge >= 0.3 is 5.97 Å². The summed E-state index contributed by atoms with van der Waals surface area (Å²) in [6.45, 7) is 5.31. The summed E-state index contributed by atoms with van der Waals surface area (Å²) in [7, 11) is 0. The van der Waals surface area contributed by atoms with Gasteiger partial charge in [0.15, 0.2) is 0 Å². The molecular formula is C19H25N3O4. The number of ether oxygens (including phenoxy) is 3. The van der Waals surface area contributed by atoms with Crippen molar-refractivity contribution in [2.45, 2.75) is 20.3 Å². The van der Waals surface area contributed by atoms with Crippen LogP contribution in [-0.2, 0) is 14.3 Å². The fraction of sp³-hybridized carbons (Fsp3) is 0.421. The van der Waals surface area contributed by atoms with E-state index in [1.807, 2.05) is 38.1 Å². The summed E-state index contributed by atoms with van der Waals surface area (Å²) in [6.07, 6.45) is 3.84. The molecule has 0 atom stereocenters. The molecule has 140 valence electrons. The molecule has 7 heteroatoms. The Bertz CT molecular complexity index is 672. The Labute approximate surface area is 153 Å². The summed E-state index contributed by atoms with van der Waals surface area (Å²) in [5.74, 6) is 1.14. The molecule has 0 saturated carbocycles. The number of carbonyl (C=O) groups is 1. The molecule has 0 amide bonds. The van der Waals surface area contributed by atoms with Crippen LogP contribution in [-0.4, -0.2) is 42.4 Å². The summed E-state index contributed by atoms with van der Waals surface area (Å²) in [4.78, 5) is 19.6. The fourth-order valence-electron chi connectivity index (χ4n) is 2.02. The zero-order valence-electron chi connectivity index (χ0n) is 15.2. The van der Waals surface area contributed by atoms with Crippen LogP contribution >= 0.6 is 0 Å². The SMILES string of the molecule is CC(C)COC(=O)COCCCOc1ccc(-c2cnc(N)cn2)cc1. The number of anilines is 1. The van der Waals surface area contributed by atoms with Crippen LogP contribution in [0, 0.1) is 5.92 Å². The number of hydrogen-bond acceptors (Lipinski definition) is 7. The van der Waals surface area contributed by atoms with Gasteiger partial charge in [-0.15, -0.1) is 0 Å². The molecule has 26 heavy (non-hydrogen) atoms. The first-order chi connectivity index (χ1) is 12.5. The minimum atomic E-state index is -0.332. The van der Waals surface area contributed by atoms with Gasteiger partial charge < -0.3 is 19.9 Å². The molecule has 2 aromatic rings. The molecule has 1 aromatic heterocycles. The maximum absolute atomic E-state index is 11.4. The van der Waals surface area contributed by atoms with Gasteiger partial charge in [0, 0.05) is 12.0 Å². The first-order valence-electron chi connectivity index (χ1n) is 8.58. The van der Waals surface area contributed by atoms with Gasteiger partial charge in [-0.1, -0.05) is 13.8 Å². The summed E-state index contributed by atoms with van der Waals surface area (Å²) >= 11 is 0. The molecule has 0 unspecified atom stereocenters. The van der Waals surface area contributed by atoms with Crippen LogP contribution < -0.4 is 10.5 Å². The van der Waals surface area contributed by atoms with Crippen LogP contribution in [0.3, 0.4) is 0 Å². The Hall–Kier alpha value is -2.67. The van der Waals surface area contributed by atoms with Crippen LogP contribution in [0.1, 0.15) is 20.3 Å². The molecule has 2 rings (SSSR count). The lowest BCUT2D eigenvalue weighted by Crippen LogP contribution is -2.16. The maximum Gasteiger partial charge on any atom is 0.332 e. The predicted molar refractivity (Wildman–Crippen MR) is 98.6 cm³/mol. The summed E-state index contributed by atoms with van der Waals surface area (Å²) in [5.41, 5.74) is 7.22. The second kappa shape index (κ2) is 10.4. The zero-order chi connectivity index (χ0) is 18.8. The summed E-state index contributed by atoms with van der Waals surface area (Å²) in [6, 6.07) is 7.57. The smallest absolute Gasteiger partial charge is 0.332 e. The quantitative estimate of drug-likeness (QED) is 0.514. The van der Waals surface area contributed by atoms with Crippen molar-refractivity contribution < 1.29 is 19.0 Å². The van der Waals surface area contributed by atoms with Crippen LogP contribution in [0.25, 0.3) is 11.3 Å². The molecule has 0 aliphatic heterocycles. The van der Waals surface area contributed by atoms with E-state index in [0.717, 1.165) is 17.0 Å². The second-order valence-corrected chi connectivity index (χ2v) is 6.18. The van der Waals surface area contributed by atoms with Crippen LogP contribution in [0.4, 0.5) is 5.82 Å². The van der Waals surface area contributed by atoms with E-state index in [9.17, 15) is 4.79 Å². The summed E-state index contributed by atoms with van der Waals surface area (Å²) < 4.78 is 15.9. The molecule has 0 aliphatic rings. The van der Waals surface area contributed by atoms with E-state index in [4.69, 9.17) is 19.9 Å². The molecule has 0 radical (unpaired) electrons. The number of aromatic nitrogens is 2. The average molecular weight is 359 g/mol. The van der Waals surface area contributed by atoms with Crippen molar-refractivity contribution >= 4 is 11.8 Å². The van der Waals surface area contributed by atoms with E-state index in [0.29, 0.717) is 38.0 Å². The van der Waals surface area contributed by atoms with E-state index in [-0.39, 0.29) is 12.6 Å². The highest BCUT2D eigenvalue weighted by atomic mass is 16.6.